The maximum absolute atomic E-state index is 10.9. The highest BCUT2D eigenvalue weighted by Gasteiger charge is 2.03. The lowest BCUT2D eigenvalue weighted by atomic mass is 10.2. The molecule has 0 spiro atoms. The summed E-state index contributed by atoms with van der Waals surface area (Å²) in [4.78, 5) is 15.9. The predicted octanol–water partition coefficient (Wildman–Crippen LogP) is 3.50. The van der Waals surface area contributed by atoms with Gasteiger partial charge in [-0.1, -0.05) is 11.8 Å². The first-order chi connectivity index (χ1) is 8.19. The number of carbonyl (C=O) groups is 1. The zero-order chi connectivity index (χ0) is 12.3. The molecule has 0 unspecified atom stereocenters. The van der Waals surface area contributed by atoms with Crippen LogP contribution in [0.2, 0.25) is 0 Å². The Bertz CT molecular complexity index is 538. The molecule has 0 fully saturated rings. The van der Waals surface area contributed by atoms with E-state index in [9.17, 15) is 9.90 Å². The van der Waals surface area contributed by atoms with Crippen molar-refractivity contribution in [2.24, 2.45) is 0 Å². The molecule has 0 amide bonds. The van der Waals surface area contributed by atoms with Gasteiger partial charge in [0.25, 0.3) is 0 Å². The molecule has 0 aliphatic rings. The van der Waals surface area contributed by atoms with Crippen molar-refractivity contribution in [2.45, 2.75) is 16.8 Å². The van der Waals surface area contributed by atoms with Gasteiger partial charge in [0.05, 0.1) is 0 Å². The fourth-order valence-electron chi connectivity index (χ4n) is 1.36. The standard InChI is InChI=1S/C13H10NO2S/c1-9-10(8-15)2-7-13(14-9)17-12-5-3-11(16)4-6-12/h2-8H,1H3. The molecule has 0 saturated heterocycles. The molecule has 4 heteroatoms. The Labute approximate surface area is 104 Å². The van der Waals surface area contributed by atoms with Crippen molar-refractivity contribution in [2.75, 3.05) is 0 Å². The van der Waals surface area contributed by atoms with E-state index < -0.39 is 0 Å². The van der Waals surface area contributed by atoms with Gasteiger partial charge in [0, 0.05) is 16.2 Å². The van der Waals surface area contributed by atoms with Gasteiger partial charge in [0.15, 0.2) is 12.0 Å². The van der Waals surface area contributed by atoms with Crippen LogP contribution in [0.3, 0.4) is 0 Å². The van der Waals surface area contributed by atoms with Crippen LogP contribution in [0, 0.1) is 6.92 Å². The number of nitrogens with zero attached hydrogens (tertiary/aromatic N) is 1. The fourth-order valence-corrected chi connectivity index (χ4v) is 2.19. The van der Waals surface area contributed by atoms with Crippen LogP contribution in [0.4, 0.5) is 0 Å². The van der Waals surface area contributed by atoms with Crippen molar-refractivity contribution < 1.29 is 9.90 Å². The summed E-state index contributed by atoms with van der Waals surface area (Å²) in [5.74, 6) is -0.00482. The van der Waals surface area contributed by atoms with E-state index in [2.05, 4.69) is 4.98 Å². The van der Waals surface area contributed by atoms with Crippen LogP contribution in [0.25, 0.3) is 0 Å². The summed E-state index contributed by atoms with van der Waals surface area (Å²) in [6, 6.07) is 10.1. The van der Waals surface area contributed by atoms with Crippen molar-refractivity contribution in [1.29, 1.82) is 0 Å². The Morgan fingerprint density at radius 1 is 1.12 bits per heavy atom. The number of aromatic nitrogens is 1. The Kier molecular flexibility index (Phi) is 3.44. The molecule has 2 aromatic rings. The third-order valence-corrected chi connectivity index (χ3v) is 3.22. The van der Waals surface area contributed by atoms with Gasteiger partial charge in [-0.3, -0.25) is 9.90 Å². The largest absolute Gasteiger partial charge is 0.298 e. The summed E-state index contributed by atoms with van der Waals surface area (Å²) in [7, 11) is 0. The van der Waals surface area contributed by atoms with Crippen molar-refractivity contribution >= 4 is 18.0 Å². The predicted molar refractivity (Wildman–Crippen MR) is 65.1 cm³/mol. The van der Waals surface area contributed by atoms with Gasteiger partial charge < -0.3 is 0 Å². The van der Waals surface area contributed by atoms with Gasteiger partial charge in [-0.2, -0.15) is 0 Å². The molecule has 0 bridgehead atoms. The first-order valence-electron chi connectivity index (χ1n) is 5.07. The highest BCUT2D eigenvalue weighted by atomic mass is 32.2. The Hall–Kier alpha value is -1.81. The highest BCUT2D eigenvalue weighted by Crippen LogP contribution is 2.27. The number of aryl methyl sites for hydroxylation is 1. The second kappa shape index (κ2) is 5.01. The molecule has 17 heavy (non-hydrogen) atoms. The molecule has 0 aliphatic carbocycles. The summed E-state index contributed by atoms with van der Waals surface area (Å²) in [6.45, 7) is 1.80. The number of rotatable bonds is 3. The van der Waals surface area contributed by atoms with Crippen LogP contribution in [-0.4, -0.2) is 11.3 Å². The molecule has 1 aromatic heterocycles. The van der Waals surface area contributed by atoms with Crippen LogP contribution in [0.15, 0.2) is 46.3 Å². The number of aldehydes is 1. The minimum Gasteiger partial charge on any atom is -0.298 e. The van der Waals surface area contributed by atoms with E-state index in [0.29, 0.717) is 11.3 Å². The van der Waals surface area contributed by atoms with Gasteiger partial charge >= 0.3 is 0 Å². The maximum atomic E-state index is 10.9. The molecule has 1 radical (unpaired) electrons. The van der Waals surface area contributed by atoms with Crippen molar-refractivity contribution in [3.05, 3.63) is 47.7 Å². The molecule has 1 aromatic carbocycles. The second-order valence-corrected chi connectivity index (χ2v) is 4.61. The maximum Gasteiger partial charge on any atom is 0.178 e. The third kappa shape index (κ3) is 2.85. The van der Waals surface area contributed by atoms with E-state index in [1.165, 1.54) is 23.9 Å². The normalized spacial score (nSPS) is 10.2. The molecule has 0 N–H and O–H groups in total. The van der Waals surface area contributed by atoms with Crippen molar-refractivity contribution in [1.82, 2.24) is 4.98 Å². The SMILES string of the molecule is Cc1nc(Sc2ccc([O])cc2)ccc1C=O. The number of benzene rings is 1. The number of carbonyl (C=O) groups excluding carboxylic acids is 1. The lowest BCUT2D eigenvalue weighted by Crippen LogP contribution is -1.91. The minimum absolute atomic E-state index is 0.00482. The van der Waals surface area contributed by atoms with Gasteiger partial charge in [0.1, 0.15) is 5.03 Å². The lowest BCUT2D eigenvalue weighted by Gasteiger charge is -2.03. The van der Waals surface area contributed by atoms with Gasteiger partial charge in [0.2, 0.25) is 0 Å². The van der Waals surface area contributed by atoms with E-state index in [4.69, 9.17) is 0 Å². The van der Waals surface area contributed by atoms with Crippen molar-refractivity contribution in [3.8, 4) is 5.75 Å². The van der Waals surface area contributed by atoms with Crippen LogP contribution in [0.1, 0.15) is 16.1 Å². The van der Waals surface area contributed by atoms with Gasteiger partial charge in [-0.05, 0) is 43.3 Å². The summed E-state index contributed by atoms with van der Waals surface area (Å²) >= 11 is 1.46. The molecule has 2 rings (SSSR count). The average molecular weight is 244 g/mol. The van der Waals surface area contributed by atoms with E-state index in [1.807, 2.05) is 0 Å². The Morgan fingerprint density at radius 3 is 2.41 bits per heavy atom. The van der Waals surface area contributed by atoms with Crippen LogP contribution in [-0.2, 0) is 5.11 Å². The molecule has 85 valence electrons. The molecule has 0 aliphatic heterocycles. The van der Waals surface area contributed by atoms with E-state index >= 15 is 0 Å². The lowest BCUT2D eigenvalue weighted by molar-refractivity contribution is 0.112. The van der Waals surface area contributed by atoms with Crippen LogP contribution >= 0.6 is 11.8 Å². The molecule has 3 nitrogen and oxygen atoms in total. The average Bonchev–Trinajstić information content (AvgIpc) is 2.32. The summed E-state index contributed by atoms with van der Waals surface area (Å²) in [5, 5.41) is 11.8. The second-order valence-electron chi connectivity index (χ2n) is 3.52. The van der Waals surface area contributed by atoms with Gasteiger partial charge in [-0.25, -0.2) is 4.98 Å². The summed E-state index contributed by atoms with van der Waals surface area (Å²) < 4.78 is 0. The van der Waals surface area contributed by atoms with Crippen LogP contribution < -0.4 is 0 Å². The minimum atomic E-state index is -0.00482. The first kappa shape index (κ1) is 11.7. The monoisotopic (exact) mass is 244 g/mol. The molecule has 0 atom stereocenters. The van der Waals surface area contributed by atoms with E-state index in [1.54, 1.807) is 31.2 Å². The summed E-state index contributed by atoms with van der Waals surface area (Å²) in [6.07, 6.45) is 0.795. The van der Waals surface area contributed by atoms with E-state index in [0.717, 1.165) is 16.2 Å². The number of pyridine rings is 1. The van der Waals surface area contributed by atoms with Crippen LogP contribution in [0.5, 0.6) is 5.75 Å². The zero-order valence-electron chi connectivity index (χ0n) is 9.21. The number of hydrogen-bond acceptors (Lipinski definition) is 3. The first-order valence-corrected chi connectivity index (χ1v) is 5.88. The smallest absolute Gasteiger partial charge is 0.178 e. The fraction of sp³-hybridized carbons (Fsp3) is 0.0769. The molecule has 1 heterocycles. The third-order valence-electron chi connectivity index (χ3n) is 2.27. The molecular formula is C13H10NO2S. The van der Waals surface area contributed by atoms with E-state index in [-0.39, 0.29) is 5.75 Å². The topological polar surface area (TPSA) is 49.9 Å². The Balaban J connectivity index is 2.21. The molecular weight excluding hydrogens is 234 g/mol. The number of hydrogen-bond donors (Lipinski definition) is 0. The quantitative estimate of drug-likeness (QED) is 0.776. The highest BCUT2D eigenvalue weighted by molar-refractivity contribution is 7.99. The zero-order valence-corrected chi connectivity index (χ0v) is 10.0. The van der Waals surface area contributed by atoms with Crippen molar-refractivity contribution in [3.63, 3.8) is 0 Å². The Morgan fingerprint density at radius 2 is 1.82 bits per heavy atom. The summed E-state index contributed by atoms with van der Waals surface area (Å²) in [5.41, 5.74) is 1.31. The van der Waals surface area contributed by atoms with Gasteiger partial charge in [-0.15, -0.1) is 0 Å². The molecule has 0 saturated carbocycles.